The Morgan fingerprint density at radius 3 is 2.60 bits per heavy atom. The van der Waals surface area contributed by atoms with E-state index in [0.29, 0.717) is 25.8 Å². The molecule has 110 valence electrons. The molecule has 1 aromatic rings. The predicted molar refractivity (Wildman–Crippen MR) is 76.2 cm³/mol. The number of phenols is 1. The summed E-state index contributed by atoms with van der Waals surface area (Å²) in [5.74, 6) is -0.0715. The molecule has 0 aromatic heterocycles. The van der Waals surface area contributed by atoms with Crippen molar-refractivity contribution in [1.29, 1.82) is 0 Å². The average molecular weight is 297 g/mol. The molecule has 0 spiro atoms. The number of aromatic hydroxyl groups is 1. The van der Waals surface area contributed by atoms with Crippen LogP contribution in [0.1, 0.15) is 24.8 Å². The van der Waals surface area contributed by atoms with Crippen LogP contribution in [-0.4, -0.2) is 37.0 Å². The molecule has 1 saturated heterocycles. The van der Waals surface area contributed by atoms with Gasteiger partial charge in [-0.3, -0.25) is 4.79 Å². The van der Waals surface area contributed by atoms with E-state index >= 15 is 0 Å². The third kappa shape index (κ3) is 3.72. The first-order chi connectivity index (χ1) is 9.49. The second-order valence-electron chi connectivity index (χ2n) is 5.06. The summed E-state index contributed by atoms with van der Waals surface area (Å²) >= 11 is 0. The molecule has 1 amide bonds. The monoisotopic (exact) mass is 297 g/mol. The highest BCUT2D eigenvalue weighted by Gasteiger charge is 2.34. The molecule has 1 fully saturated rings. The fourth-order valence-electron chi connectivity index (χ4n) is 2.36. The van der Waals surface area contributed by atoms with Crippen LogP contribution in [0.15, 0.2) is 24.3 Å². The van der Waals surface area contributed by atoms with E-state index < -0.39 is 15.1 Å². The molecular weight excluding hydrogens is 278 g/mol. The molecule has 6 heteroatoms. The molecule has 1 atom stereocenters. The summed E-state index contributed by atoms with van der Waals surface area (Å²) in [5, 5.41) is 11.0. The Kier molecular flexibility index (Phi) is 4.65. The number of nitrogens with one attached hydrogen (secondary N) is 1. The molecule has 0 bridgehead atoms. The summed E-state index contributed by atoms with van der Waals surface area (Å²) in [5.41, 5.74) is 0.981. The molecule has 1 heterocycles. The predicted octanol–water partition coefficient (Wildman–Crippen LogP) is 1.02. The molecule has 0 saturated carbocycles. The number of sulfone groups is 1. The largest absolute Gasteiger partial charge is 0.508 e. The molecule has 0 radical (unpaired) electrons. The lowest BCUT2D eigenvalue weighted by molar-refractivity contribution is -0.120. The van der Waals surface area contributed by atoms with Crippen molar-refractivity contribution in [1.82, 2.24) is 5.32 Å². The van der Waals surface area contributed by atoms with E-state index in [9.17, 15) is 13.2 Å². The number of carbonyl (C=O) groups excluding carboxylic acids is 1. The van der Waals surface area contributed by atoms with Gasteiger partial charge in [0.2, 0.25) is 5.91 Å². The minimum atomic E-state index is -3.27. The number of phenolic OH excluding ortho intramolecular Hbond substituents is 1. The van der Waals surface area contributed by atoms with E-state index in [4.69, 9.17) is 5.11 Å². The van der Waals surface area contributed by atoms with Crippen LogP contribution in [0.4, 0.5) is 0 Å². The van der Waals surface area contributed by atoms with Gasteiger partial charge in [-0.15, -0.1) is 0 Å². The average Bonchev–Trinajstić information content (AvgIpc) is 2.40. The maximum Gasteiger partial charge on any atom is 0.238 e. The van der Waals surface area contributed by atoms with Gasteiger partial charge in [-0.25, -0.2) is 8.42 Å². The quantitative estimate of drug-likeness (QED) is 0.869. The van der Waals surface area contributed by atoms with Crippen LogP contribution in [0, 0.1) is 0 Å². The Morgan fingerprint density at radius 1 is 1.25 bits per heavy atom. The lowest BCUT2D eigenvalue weighted by atomic mass is 10.1. The molecular formula is C14H19NO4S. The van der Waals surface area contributed by atoms with Gasteiger partial charge >= 0.3 is 0 Å². The minimum absolute atomic E-state index is 0.114. The molecule has 0 aliphatic carbocycles. The molecule has 1 aliphatic rings. The number of amides is 1. The maximum absolute atomic E-state index is 11.9. The molecule has 5 nitrogen and oxygen atoms in total. The number of hydrogen-bond acceptors (Lipinski definition) is 4. The SMILES string of the molecule is O=C(NCCc1ccc(O)cc1)C1CCCCS1(=O)=O. The Hall–Kier alpha value is -1.56. The Bertz CT molecular complexity index is 565. The number of rotatable bonds is 4. The zero-order valence-electron chi connectivity index (χ0n) is 11.2. The molecule has 1 aliphatic heterocycles. The molecule has 2 rings (SSSR count). The van der Waals surface area contributed by atoms with Gasteiger partial charge < -0.3 is 10.4 Å². The third-order valence-electron chi connectivity index (χ3n) is 3.52. The summed E-state index contributed by atoms with van der Waals surface area (Å²) in [4.78, 5) is 11.9. The highest BCUT2D eigenvalue weighted by Crippen LogP contribution is 2.19. The van der Waals surface area contributed by atoms with Crippen LogP contribution in [0.5, 0.6) is 5.75 Å². The Labute approximate surface area is 118 Å². The normalized spacial score (nSPS) is 21.3. The van der Waals surface area contributed by atoms with Crippen LogP contribution in [0.3, 0.4) is 0 Å². The summed E-state index contributed by atoms with van der Waals surface area (Å²) in [6.45, 7) is 0.398. The summed E-state index contributed by atoms with van der Waals surface area (Å²) < 4.78 is 23.6. The maximum atomic E-state index is 11.9. The topological polar surface area (TPSA) is 83.5 Å². The second kappa shape index (κ2) is 6.26. The first-order valence-electron chi connectivity index (χ1n) is 6.76. The van der Waals surface area contributed by atoms with Crippen molar-refractivity contribution in [3.05, 3.63) is 29.8 Å². The van der Waals surface area contributed by atoms with E-state index in [1.54, 1.807) is 24.3 Å². The Morgan fingerprint density at radius 2 is 1.95 bits per heavy atom. The van der Waals surface area contributed by atoms with Crippen molar-refractivity contribution in [2.45, 2.75) is 30.9 Å². The van der Waals surface area contributed by atoms with Crippen molar-refractivity contribution < 1.29 is 18.3 Å². The van der Waals surface area contributed by atoms with Crippen LogP contribution in [0.2, 0.25) is 0 Å². The van der Waals surface area contributed by atoms with Crippen LogP contribution >= 0.6 is 0 Å². The standard InChI is InChI=1S/C14H19NO4S/c16-12-6-4-11(5-7-12)8-9-15-14(17)13-3-1-2-10-20(13,18)19/h4-7,13,16H,1-3,8-10H2,(H,15,17). The molecule has 1 unspecified atom stereocenters. The van der Waals surface area contributed by atoms with Gasteiger partial charge in [0.25, 0.3) is 0 Å². The second-order valence-corrected chi connectivity index (χ2v) is 7.36. The van der Waals surface area contributed by atoms with E-state index in [1.807, 2.05) is 0 Å². The number of carbonyl (C=O) groups is 1. The van der Waals surface area contributed by atoms with Gasteiger partial charge in [0.05, 0.1) is 5.75 Å². The highest BCUT2D eigenvalue weighted by molar-refractivity contribution is 7.92. The zero-order valence-corrected chi connectivity index (χ0v) is 12.0. The lowest BCUT2D eigenvalue weighted by Crippen LogP contribution is -2.43. The third-order valence-corrected chi connectivity index (χ3v) is 5.69. The van der Waals surface area contributed by atoms with Crippen LogP contribution < -0.4 is 5.32 Å². The van der Waals surface area contributed by atoms with Gasteiger partial charge in [-0.1, -0.05) is 18.6 Å². The van der Waals surface area contributed by atoms with Crippen molar-refractivity contribution >= 4 is 15.7 Å². The van der Waals surface area contributed by atoms with Crippen molar-refractivity contribution in [2.75, 3.05) is 12.3 Å². The van der Waals surface area contributed by atoms with Crippen LogP contribution in [-0.2, 0) is 21.1 Å². The first-order valence-corrected chi connectivity index (χ1v) is 8.48. The summed E-state index contributed by atoms with van der Waals surface area (Å²) in [6, 6.07) is 6.73. The fraction of sp³-hybridized carbons (Fsp3) is 0.500. The van der Waals surface area contributed by atoms with E-state index in [0.717, 1.165) is 12.0 Å². The van der Waals surface area contributed by atoms with E-state index in [-0.39, 0.29) is 17.4 Å². The summed E-state index contributed by atoms with van der Waals surface area (Å²) in [6.07, 6.45) is 2.47. The van der Waals surface area contributed by atoms with Crippen LogP contribution in [0.25, 0.3) is 0 Å². The van der Waals surface area contributed by atoms with Gasteiger partial charge in [0, 0.05) is 6.54 Å². The van der Waals surface area contributed by atoms with Gasteiger partial charge in [0.15, 0.2) is 9.84 Å². The van der Waals surface area contributed by atoms with Gasteiger partial charge in [-0.2, -0.15) is 0 Å². The molecule has 2 N–H and O–H groups in total. The smallest absolute Gasteiger partial charge is 0.238 e. The minimum Gasteiger partial charge on any atom is -0.508 e. The molecule has 20 heavy (non-hydrogen) atoms. The van der Waals surface area contributed by atoms with E-state index in [2.05, 4.69) is 5.32 Å². The number of benzene rings is 1. The fourth-order valence-corrected chi connectivity index (χ4v) is 4.18. The van der Waals surface area contributed by atoms with Crippen molar-refractivity contribution in [2.24, 2.45) is 0 Å². The molecule has 1 aromatic carbocycles. The van der Waals surface area contributed by atoms with E-state index in [1.165, 1.54) is 0 Å². The lowest BCUT2D eigenvalue weighted by Gasteiger charge is -2.21. The highest BCUT2D eigenvalue weighted by atomic mass is 32.2. The zero-order chi connectivity index (χ0) is 14.6. The van der Waals surface area contributed by atoms with Crippen molar-refractivity contribution in [3.63, 3.8) is 0 Å². The van der Waals surface area contributed by atoms with Gasteiger partial charge in [-0.05, 0) is 37.0 Å². The van der Waals surface area contributed by atoms with Gasteiger partial charge in [0.1, 0.15) is 11.0 Å². The summed E-state index contributed by atoms with van der Waals surface area (Å²) in [7, 11) is -3.27. The Balaban J connectivity index is 1.84. The van der Waals surface area contributed by atoms with Crippen molar-refractivity contribution in [3.8, 4) is 5.75 Å². The first kappa shape index (κ1) is 14.8. The number of hydrogen-bond donors (Lipinski definition) is 2.